The Morgan fingerprint density at radius 3 is 2.79 bits per heavy atom. The molecule has 0 spiro atoms. The lowest BCUT2D eigenvalue weighted by Gasteiger charge is -2.31. The summed E-state index contributed by atoms with van der Waals surface area (Å²) in [6.07, 6.45) is 1.16. The zero-order valence-corrected chi connectivity index (χ0v) is 9.03. The van der Waals surface area contributed by atoms with Crippen LogP contribution in [-0.2, 0) is 0 Å². The molecule has 1 fully saturated rings. The summed E-state index contributed by atoms with van der Waals surface area (Å²) in [5, 5.41) is 3.84. The third-order valence-electron chi connectivity index (χ3n) is 2.73. The first-order chi connectivity index (χ1) is 6.65. The van der Waals surface area contributed by atoms with Crippen molar-refractivity contribution in [2.24, 2.45) is 5.92 Å². The van der Waals surface area contributed by atoms with Crippen LogP contribution in [0.5, 0.6) is 0 Å². The SMILES string of the molecule is Cc1noc(C2CC(C)CN(C)C2)n1. The maximum Gasteiger partial charge on any atom is 0.231 e. The van der Waals surface area contributed by atoms with Crippen molar-refractivity contribution in [1.82, 2.24) is 15.0 Å². The summed E-state index contributed by atoms with van der Waals surface area (Å²) in [4.78, 5) is 6.63. The fourth-order valence-corrected chi connectivity index (χ4v) is 2.28. The second-order valence-electron chi connectivity index (χ2n) is 4.44. The predicted molar refractivity (Wildman–Crippen MR) is 53.1 cm³/mol. The van der Waals surface area contributed by atoms with Crippen molar-refractivity contribution in [3.05, 3.63) is 11.7 Å². The van der Waals surface area contributed by atoms with Gasteiger partial charge in [-0.05, 0) is 26.3 Å². The Balaban J connectivity index is 2.10. The van der Waals surface area contributed by atoms with Gasteiger partial charge in [0, 0.05) is 13.1 Å². The molecule has 1 aromatic rings. The van der Waals surface area contributed by atoms with Crippen LogP contribution in [-0.4, -0.2) is 35.2 Å². The second-order valence-corrected chi connectivity index (χ2v) is 4.44. The summed E-state index contributed by atoms with van der Waals surface area (Å²) in [5.74, 6) is 2.68. The van der Waals surface area contributed by atoms with Gasteiger partial charge >= 0.3 is 0 Å². The van der Waals surface area contributed by atoms with Crippen molar-refractivity contribution in [2.45, 2.75) is 26.2 Å². The molecule has 2 heterocycles. The van der Waals surface area contributed by atoms with Crippen molar-refractivity contribution >= 4 is 0 Å². The molecule has 1 aliphatic heterocycles. The lowest BCUT2D eigenvalue weighted by atomic mass is 9.91. The van der Waals surface area contributed by atoms with Crippen LogP contribution in [0.4, 0.5) is 0 Å². The van der Waals surface area contributed by atoms with Gasteiger partial charge in [-0.15, -0.1) is 0 Å². The molecule has 4 nitrogen and oxygen atoms in total. The highest BCUT2D eigenvalue weighted by molar-refractivity contribution is 4.97. The van der Waals surface area contributed by atoms with E-state index in [1.165, 1.54) is 6.54 Å². The minimum atomic E-state index is 0.421. The summed E-state index contributed by atoms with van der Waals surface area (Å²) in [5.41, 5.74) is 0. The molecule has 0 amide bonds. The first-order valence-corrected chi connectivity index (χ1v) is 5.14. The van der Waals surface area contributed by atoms with E-state index in [0.29, 0.717) is 11.8 Å². The van der Waals surface area contributed by atoms with Crippen molar-refractivity contribution in [2.75, 3.05) is 20.1 Å². The molecule has 0 N–H and O–H groups in total. The monoisotopic (exact) mass is 195 g/mol. The summed E-state index contributed by atoms with van der Waals surface area (Å²) in [6.45, 7) is 6.34. The van der Waals surface area contributed by atoms with Gasteiger partial charge in [0.25, 0.3) is 0 Å². The summed E-state index contributed by atoms with van der Waals surface area (Å²) >= 11 is 0. The molecule has 1 aromatic heterocycles. The van der Waals surface area contributed by atoms with Gasteiger partial charge in [-0.2, -0.15) is 4.98 Å². The molecule has 2 rings (SSSR count). The number of aromatic nitrogens is 2. The van der Waals surface area contributed by atoms with E-state index in [2.05, 4.69) is 29.0 Å². The molecule has 0 aliphatic carbocycles. The molecular weight excluding hydrogens is 178 g/mol. The zero-order chi connectivity index (χ0) is 10.1. The molecule has 2 unspecified atom stereocenters. The van der Waals surface area contributed by atoms with Gasteiger partial charge in [-0.1, -0.05) is 12.1 Å². The number of hydrogen-bond acceptors (Lipinski definition) is 4. The molecule has 1 aliphatic rings. The topological polar surface area (TPSA) is 42.2 Å². The van der Waals surface area contributed by atoms with E-state index in [9.17, 15) is 0 Å². The smallest absolute Gasteiger partial charge is 0.231 e. The number of hydrogen-bond donors (Lipinski definition) is 0. The largest absolute Gasteiger partial charge is 0.339 e. The quantitative estimate of drug-likeness (QED) is 0.680. The van der Waals surface area contributed by atoms with E-state index in [1.807, 2.05) is 6.92 Å². The molecule has 14 heavy (non-hydrogen) atoms. The van der Waals surface area contributed by atoms with Crippen LogP contribution < -0.4 is 0 Å². The van der Waals surface area contributed by atoms with Crippen molar-refractivity contribution in [3.63, 3.8) is 0 Å². The van der Waals surface area contributed by atoms with Gasteiger partial charge in [0.05, 0.1) is 5.92 Å². The van der Waals surface area contributed by atoms with Crippen LogP contribution in [0.2, 0.25) is 0 Å². The fourth-order valence-electron chi connectivity index (χ4n) is 2.28. The standard InChI is InChI=1S/C10H17N3O/c1-7-4-9(6-13(3)5-7)10-11-8(2)12-14-10/h7,9H,4-6H2,1-3H3. The van der Waals surface area contributed by atoms with E-state index in [-0.39, 0.29) is 0 Å². The van der Waals surface area contributed by atoms with Crippen molar-refractivity contribution < 1.29 is 4.52 Å². The van der Waals surface area contributed by atoms with Gasteiger partial charge in [-0.3, -0.25) is 0 Å². The Kier molecular flexibility index (Phi) is 2.54. The molecule has 0 radical (unpaired) electrons. The maximum atomic E-state index is 5.21. The Hall–Kier alpha value is -0.900. The molecular formula is C10H17N3O. The lowest BCUT2D eigenvalue weighted by Crippen LogP contribution is -2.35. The Bertz CT molecular complexity index is 300. The molecule has 4 heteroatoms. The highest BCUT2D eigenvalue weighted by Gasteiger charge is 2.27. The Morgan fingerprint density at radius 2 is 2.21 bits per heavy atom. The van der Waals surface area contributed by atoms with E-state index in [4.69, 9.17) is 4.52 Å². The van der Waals surface area contributed by atoms with Gasteiger partial charge < -0.3 is 9.42 Å². The van der Waals surface area contributed by atoms with Crippen molar-refractivity contribution in [3.8, 4) is 0 Å². The number of nitrogens with zero attached hydrogens (tertiary/aromatic N) is 3. The van der Waals surface area contributed by atoms with Crippen LogP contribution in [0.1, 0.15) is 31.0 Å². The third-order valence-corrected chi connectivity index (χ3v) is 2.73. The number of likely N-dealkylation sites (N-methyl/N-ethyl adjacent to an activating group) is 1. The summed E-state index contributed by atoms with van der Waals surface area (Å²) in [6, 6.07) is 0. The molecule has 1 saturated heterocycles. The number of aryl methyl sites for hydroxylation is 1. The first-order valence-electron chi connectivity index (χ1n) is 5.14. The van der Waals surface area contributed by atoms with Crippen LogP contribution in [0, 0.1) is 12.8 Å². The normalized spacial score (nSPS) is 29.4. The van der Waals surface area contributed by atoms with Crippen LogP contribution in [0.3, 0.4) is 0 Å². The summed E-state index contributed by atoms with van der Waals surface area (Å²) in [7, 11) is 2.14. The molecule has 0 saturated carbocycles. The van der Waals surface area contributed by atoms with E-state index < -0.39 is 0 Å². The van der Waals surface area contributed by atoms with E-state index in [0.717, 1.165) is 24.7 Å². The Morgan fingerprint density at radius 1 is 1.43 bits per heavy atom. The second kappa shape index (κ2) is 3.69. The van der Waals surface area contributed by atoms with Crippen LogP contribution in [0.25, 0.3) is 0 Å². The van der Waals surface area contributed by atoms with Gasteiger partial charge in [0.1, 0.15) is 0 Å². The van der Waals surface area contributed by atoms with Crippen molar-refractivity contribution in [1.29, 1.82) is 0 Å². The molecule has 0 bridgehead atoms. The third kappa shape index (κ3) is 1.95. The molecule has 78 valence electrons. The number of piperidine rings is 1. The van der Waals surface area contributed by atoms with Crippen LogP contribution in [0.15, 0.2) is 4.52 Å². The minimum absolute atomic E-state index is 0.421. The summed E-state index contributed by atoms with van der Waals surface area (Å²) < 4.78 is 5.21. The maximum absolute atomic E-state index is 5.21. The highest BCUT2D eigenvalue weighted by atomic mass is 16.5. The van der Waals surface area contributed by atoms with Gasteiger partial charge in [-0.25, -0.2) is 0 Å². The van der Waals surface area contributed by atoms with E-state index in [1.54, 1.807) is 0 Å². The fraction of sp³-hybridized carbons (Fsp3) is 0.800. The predicted octanol–water partition coefficient (Wildman–Crippen LogP) is 1.43. The van der Waals surface area contributed by atoms with Crippen LogP contribution >= 0.6 is 0 Å². The average Bonchev–Trinajstić information content (AvgIpc) is 2.50. The first kappa shape index (κ1) is 9.65. The Labute approximate surface area is 84.3 Å². The average molecular weight is 195 g/mol. The van der Waals surface area contributed by atoms with Gasteiger partial charge in [0.2, 0.25) is 5.89 Å². The van der Waals surface area contributed by atoms with Gasteiger partial charge in [0.15, 0.2) is 5.82 Å². The number of likely N-dealkylation sites (tertiary alicyclic amines) is 1. The molecule has 0 aromatic carbocycles. The van der Waals surface area contributed by atoms with E-state index >= 15 is 0 Å². The zero-order valence-electron chi connectivity index (χ0n) is 9.03. The highest BCUT2D eigenvalue weighted by Crippen LogP contribution is 2.27. The molecule has 2 atom stereocenters. The lowest BCUT2D eigenvalue weighted by molar-refractivity contribution is 0.176. The minimum Gasteiger partial charge on any atom is -0.339 e. The number of rotatable bonds is 1.